The summed E-state index contributed by atoms with van der Waals surface area (Å²) in [6, 6.07) is -0.355. The van der Waals surface area contributed by atoms with Gasteiger partial charge in [0, 0.05) is 32.0 Å². The van der Waals surface area contributed by atoms with Crippen molar-refractivity contribution in [1.82, 2.24) is 10.2 Å². The third kappa shape index (κ3) is 7.48. The van der Waals surface area contributed by atoms with Crippen LogP contribution in [0.3, 0.4) is 0 Å². The highest BCUT2D eigenvalue weighted by atomic mass is 16.4. The number of primary amides is 1. The molecule has 0 aliphatic heterocycles. The van der Waals surface area contributed by atoms with Gasteiger partial charge in [-0.25, -0.2) is 4.79 Å². The SMILES string of the molecule is CN(CCCC(=O)O)C(=O)NC(C)(C)CC(N)=O. The number of nitrogens with zero attached hydrogens (tertiary/aromatic N) is 1. The molecule has 0 radical (unpaired) electrons. The van der Waals surface area contributed by atoms with Crippen LogP contribution in [0.2, 0.25) is 0 Å². The van der Waals surface area contributed by atoms with E-state index in [4.69, 9.17) is 10.8 Å². The van der Waals surface area contributed by atoms with Crippen LogP contribution in [0.15, 0.2) is 0 Å². The van der Waals surface area contributed by atoms with Gasteiger partial charge in [-0.1, -0.05) is 0 Å². The molecule has 0 aromatic heterocycles. The van der Waals surface area contributed by atoms with E-state index >= 15 is 0 Å². The maximum atomic E-state index is 11.7. The number of aliphatic carboxylic acids is 1. The molecule has 0 aromatic carbocycles. The van der Waals surface area contributed by atoms with Gasteiger partial charge in [-0.15, -0.1) is 0 Å². The topological polar surface area (TPSA) is 113 Å². The highest BCUT2D eigenvalue weighted by Crippen LogP contribution is 2.08. The molecular formula is C11H21N3O4. The minimum absolute atomic E-state index is 0.0162. The number of rotatable bonds is 7. The van der Waals surface area contributed by atoms with Crippen molar-refractivity contribution >= 4 is 17.9 Å². The fourth-order valence-electron chi connectivity index (χ4n) is 1.43. The Labute approximate surface area is 106 Å². The van der Waals surface area contributed by atoms with Crippen molar-refractivity contribution in [3.8, 4) is 0 Å². The molecule has 0 atom stereocenters. The molecule has 0 aliphatic carbocycles. The van der Waals surface area contributed by atoms with Crippen LogP contribution in [0.5, 0.6) is 0 Å². The number of hydrogen-bond acceptors (Lipinski definition) is 3. The number of nitrogens with one attached hydrogen (secondary N) is 1. The van der Waals surface area contributed by atoms with Crippen LogP contribution in [0.1, 0.15) is 33.1 Å². The van der Waals surface area contributed by atoms with Crippen molar-refractivity contribution in [2.24, 2.45) is 5.73 Å². The summed E-state index contributed by atoms with van der Waals surface area (Å²) >= 11 is 0. The van der Waals surface area contributed by atoms with E-state index in [1.54, 1.807) is 20.9 Å². The molecule has 104 valence electrons. The van der Waals surface area contributed by atoms with E-state index in [1.165, 1.54) is 4.90 Å². The first-order valence-corrected chi connectivity index (χ1v) is 5.67. The maximum Gasteiger partial charge on any atom is 0.317 e. The zero-order valence-corrected chi connectivity index (χ0v) is 11.0. The van der Waals surface area contributed by atoms with Gasteiger partial charge in [0.2, 0.25) is 5.91 Å². The summed E-state index contributed by atoms with van der Waals surface area (Å²) in [5.74, 6) is -1.38. The quantitative estimate of drug-likeness (QED) is 0.603. The molecule has 18 heavy (non-hydrogen) atoms. The Balaban J connectivity index is 4.14. The Bertz CT molecular complexity index is 328. The molecule has 7 nitrogen and oxygen atoms in total. The number of hydrogen-bond donors (Lipinski definition) is 3. The fourth-order valence-corrected chi connectivity index (χ4v) is 1.43. The Hall–Kier alpha value is -1.79. The van der Waals surface area contributed by atoms with Gasteiger partial charge in [-0.05, 0) is 20.3 Å². The Morgan fingerprint density at radius 3 is 2.33 bits per heavy atom. The number of urea groups is 1. The average Bonchev–Trinajstić information content (AvgIpc) is 2.13. The molecule has 0 rings (SSSR count). The monoisotopic (exact) mass is 259 g/mol. The summed E-state index contributed by atoms with van der Waals surface area (Å²) in [5, 5.41) is 11.1. The normalized spacial score (nSPS) is 10.8. The highest BCUT2D eigenvalue weighted by Gasteiger charge is 2.24. The number of nitrogens with two attached hydrogens (primary N) is 1. The van der Waals surface area contributed by atoms with E-state index in [0.717, 1.165) is 0 Å². The molecule has 3 amide bonds. The summed E-state index contributed by atoms with van der Waals surface area (Å²) < 4.78 is 0. The van der Waals surface area contributed by atoms with Crippen LogP contribution in [0.25, 0.3) is 0 Å². The predicted molar refractivity (Wildman–Crippen MR) is 65.9 cm³/mol. The van der Waals surface area contributed by atoms with Gasteiger partial charge in [0.05, 0.1) is 0 Å². The summed E-state index contributed by atoms with van der Waals surface area (Å²) in [5.41, 5.74) is 4.36. The van der Waals surface area contributed by atoms with Crippen LogP contribution >= 0.6 is 0 Å². The molecule has 0 bridgehead atoms. The molecule has 0 spiro atoms. The minimum atomic E-state index is -0.891. The largest absolute Gasteiger partial charge is 0.481 e. The fraction of sp³-hybridized carbons (Fsp3) is 0.727. The van der Waals surface area contributed by atoms with E-state index in [2.05, 4.69) is 5.32 Å². The van der Waals surface area contributed by atoms with Crippen molar-refractivity contribution in [3.05, 3.63) is 0 Å². The number of amides is 3. The average molecular weight is 259 g/mol. The van der Waals surface area contributed by atoms with Gasteiger partial charge in [-0.2, -0.15) is 0 Å². The number of carbonyl (C=O) groups excluding carboxylic acids is 2. The van der Waals surface area contributed by atoms with Crippen LogP contribution in [0, 0.1) is 0 Å². The van der Waals surface area contributed by atoms with Crippen molar-refractivity contribution in [3.63, 3.8) is 0 Å². The maximum absolute atomic E-state index is 11.7. The summed E-state index contributed by atoms with van der Waals surface area (Å²) in [6.07, 6.45) is 0.444. The lowest BCUT2D eigenvalue weighted by Crippen LogP contribution is -2.50. The molecule has 0 saturated heterocycles. The molecule has 0 heterocycles. The lowest BCUT2D eigenvalue weighted by Gasteiger charge is -2.28. The lowest BCUT2D eigenvalue weighted by atomic mass is 10.0. The van der Waals surface area contributed by atoms with Crippen LogP contribution in [-0.2, 0) is 9.59 Å². The summed E-state index contributed by atoms with van der Waals surface area (Å²) in [6.45, 7) is 3.73. The second-order valence-corrected chi connectivity index (χ2v) is 4.88. The zero-order valence-electron chi connectivity index (χ0n) is 11.0. The molecule has 0 unspecified atom stereocenters. The van der Waals surface area contributed by atoms with E-state index < -0.39 is 17.4 Å². The van der Waals surface area contributed by atoms with Gasteiger partial charge in [0.15, 0.2) is 0 Å². The van der Waals surface area contributed by atoms with Crippen molar-refractivity contribution in [1.29, 1.82) is 0 Å². The van der Waals surface area contributed by atoms with Crippen LogP contribution in [-0.4, -0.2) is 47.0 Å². The Morgan fingerprint density at radius 2 is 1.89 bits per heavy atom. The van der Waals surface area contributed by atoms with E-state index in [9.17, 15) is 14.4 Å². The molecule has 4 N–H and O–H groups in total. The van der Waals surface area contributed by atoms with Gasteiger partial charge < -0.3 is 21.1 Å². The summed E-state index contributed by atoms with van der Waals surface area (Å²) in [4.78, 5) is 34.2. The van der Waals surface area contributed by atoms with Gasteiger partial charge in [0.25, 0.3) is 0 Å². The molecule has 0 aliphatic rings. The Kier molecular flexibility index (Phi) is 6.15. The third-order valence-electron chi connectivity index (χ3n) is 2.29. The second-order valence-electron chi connectivity index (χ2n) is 4.88. The van der Waals surface area contributed by atoms with Crippen LogP contribution < -0.4 is 11.1 Å². The predicted octanol–water partition coefficient (Wildman–Crippen LogP) is 0.147. The van der Waals surface area contributed by atoms with Crippen molar-refractivity contribution < 1.29 is 19.5 Å². The molecule has 0 fully saturated rings. The van der Waals surface area contributed by atoms with E-state index in [0.29, 0.717) is 13.0 Å². The first kappa shape index (κ1) is 16.2. The number of carbonyl (C=O) groups is 3. The molecular weight excluding hydrogens is 238 g/mol. The Morgan fingerprint density at radius 1 is 1.33 bits per heavy atom. The molecule has 0 aromatic rings. The van der Waals surface area contributed by atoms with E-state index in [1.807, 2.05) is 0 Å². The summed E-state index contributed by atoms with van der Waals surface area (Å²) in [7, 11) is 1.57. The smallest absolute Gasteiger partial charge is 0.317 e. The van der Waals surface area contributed by atoms with Gasteiger partial charge in [-0.3, -0.25) is 9.59 Å². The first-order chi connectivity index (χ1) is 8.14. The zero-order chi connectivity index (χ0) is 14.3. The minimum Gasteiger partial charge on any atom is -0.481 e. The molecule has 7 heteroatoms. The van der Waals surface area contributed by atoms with Crippen molar-refractivity contribution in [2.45, 2.75) is 38.6 Å². The van der Waals surface area contributed by atoms with Crippen molar-refractivity contribution in [2.75, 3.05) is 13.6 Å². The standard InChI is InChI=1S/C11H21N3O4/c1-11(2,7-8(12)15)13-10(18)14(3)6-4-5-9(16)17/h4-7H2,1-3H3,(H2,12,15)(H,13,18)(H,16,17). The first-order valence-electron chi connectivity index (χ1n) is 5.67. The van der Waals surface area contributed by atoms with E-state index in [-0.39, 0.29) is 18.9 Å². The third-order valence-corrected chi connectivity index (χ3v) is 2.29. The number of carboxylic acid groups (broad SMARTS) is 1. The second kappa shape index (κ2) is 6.83. The molecule has 0 saturated carbocycles. The lowest BCUT2D eigenvalue weighted by molar-refractivity contribution is -0.137. The number of carboxylic acids is 1. The highest BCUT2D eigenvalue weighted by molar-refractivity contribution is 5.78. The van der Waals surface area contributed by atoms with Crippen LogP contribution in [0.4, 0.5) is 4.79 Å². The van der Waals surface area contributed by atoms with Gasteiger partial charge >= 0.3 is 12.0 Å². The van der Waals surface area contributed by atoms with Gasteiger partial charge in [0.1, 0.15) is 0 Å².